The van der Waals surface area contributed by atoms with Crippen LogP contribution >= 0.6 is 0 Å². The van der Waals surface area contributed by atoms with Gasteiger partial charge in [0.15, 0.2) is 0 Å². The van der Waals surface area contributed by atoms with Crippen LogP contribution in [-0.4, -0.2) is 20.5 Å². The SMILES string of the molecule is Cc1cccc(CS(=O)C(C(=O)O)C(C)C)c1. The van der Waals surface area contributed by atoms with E-state index in [1.54, 1.807) is 13.8 Å². The molecule has 0 heterocycles. The minimum Gasteiger partial charge on any atom is -0.480 e. The zero-order valence-electron chi connectivity index (χ0n) is 10.3. The Bertz CT molecular complexity index is 426. The number of hydrogen-bond donors (Lipinski definition) is 1. The van der Waals surface area contributed by atoms with Crippen LogP contribution in [0.5, 0.6) is 0 Å². The first kappa shape index (κ1) is 13.9. The Morgan fingerprint density at radius 1 is 1.41 bits per heavy atom. The van der Waals surface area contributed by atoms with Crippen molar-refractivity contribution in [3.63, 3.8) is 0 Å². The molecule has 94 valence electrons. The third kappa shape index (κ3) is 3.97. The van der Waals surface area contributed by atoms with Crippen molar-refractivity contribution in [1.29, 1.82) is 0 Å². The molecular weight excluding hydrogens is 236 g/mol. The summed E-state index contributed by atoms with van der Waals surface area (Å²) in [6.07, 6.45) is 0. The number of hydrogen-bond acceptors (Lipinski definition) is 2. The molecule has 4 heteroatoms. The second-order valence-electron chi connectivity index (χ2n) is 4.52. The lowest BCUT2D eigenvalue weighted by atomic mass is 10.1. The second-order valence-corrected chi connectivity index (χ2v) is 6.08. The molecule has 0 fully saturated rings. The lowest BCUT2D eigenvalue weighted by Crippen LogP contribution is -2.31. The molecular formula is C13H18O3S. The van der Waals surface area contributed by atoms with Crippen molar-refractivity contribution in [2.45, 2.75) is 31.8 Å². The van der Waals surface area contributed by atoms with Crippen molar-refractivity contribution in [2.24, 2.45) is 5.92 Å². The van der Waals surface area contributed by atoms with E-state index in [2.05, 4.69) is 0 Å². The van der Waals surface area contributed by atoms with E-state index in [9.17, 15) is 9.00 Å². The van der Waals surface area contributed by atoms with Crippen LogP contribution in [0.2, 0.25) is 0 Å². The van der Waals surface area contributed by atoms with Crippen molar-refractivity contribution in [3.05, 3.63) is 35.4 Å². The van der Waals surface area contributed by atoms with Gasteiger partial charge in [0.1, 0.15) is 5.25 Å². The van der Waals surface area contributed by atoms with Crippen LogP contribution in [0.15, 0.2) is 24.3 Å². The van der Waals surface area contributed by atoms with Crippen LogP contribution in [0.4, 0.5) is 0 Å². The summed E-state index contributed by atoms with van der Waals surface area (Å²) in [6, 6.07) is 7.68. The smallest absolute Gasteiger partial charge is 0.319 e. The molecule has 1 N–H and O–H groups in total. The highest BCUT2D eigenvalue weighted by molar-refractivity contribution is 7.85. The third-order valence-electron chi connectivity index (χ3n) is 2.52. The maximum atomic E-state index is 12.0. The van der Waals surface area contributed by atoms with Gasteiger partial charge in [-0.25, -0.2) is 0 Å². The Morgan fingerprint density at radius 3 is 2.53 bits per heavy atom. The highest BCUT2D eigenvalue weighted by Gasteiger charge is 2.27. The zero-order chi connectivity index (χ0) is 13.0. The molecule has 1 aromatic rings. The van der Waals surface area contributed by atoms with E-state index in [1.807, 2.05) is 31.2 Å². The highest BCUT2D eigenvalue weighted by Crippen LogP contribution is 2.15. The molecule has 0 amide bonds. The van der Waals surface area contributed by atoms with Crippen LogP contribution in [0, 0.1) is 12.8 Å². The Hall–Kier alpha value is -1.16. The van der Waals surface area contributed by atoms with Gasteiger partial charge >= 0.3 is 5.97 Å². The number of rotatable bonds is 5. The molecule has 1 rings (SSSR count). The van der Waals surface area contributed by atoms with Gasteiger partial charge in [0.05, 0.1) is 0 Å². The van der Waals surface area contributed by atoms with Crippen LogP contribution in [0.25, 0.3) is 0 Å². The van der Waals surface area contributed by atoms with E-state index in [0.29, 0.717) is 5.75 Å². The number of benzene rings is 1. The number of carboxylic acids is 1. The minimum atomic E-state index is -1.38. The Labute approximate surface area is 104 Å². The van der Waals surface area contributed by atoms with Gasteiger partial charge in [0.2, 0.25) is 0 Å². The van der Waals surface area contributed by atoms with Gasteiger partial charge in [-0.15, -0.1) is 0 Å². The first-order valence-corrected chi connectivity index (χ1v) is 6.95. The van der Waals surface area contributed by atoms with Gasteiger partial charge in [-0.1, -0.05) is 43.7 Å². The van der Waals surface area contributed by atoms with E-state index < -0.39 is 22.0 Å². The molecule has 0 aliphatic rings. The maximum absolute atomic E-state index is 12.0. The highest BCUT2D eigenvalue weighted by atomic mass is 32.2. The number of carbonyl (C=O) groups is 1. The Kier molecular flexibility index (Phi) is 4.87. The number of carboxylic acid groups (broad SMARTS) is 1. The number of aryl methyl sites for hydroxylation is 1. The minimum absolute atomic E-state index is 0.127. The van der Waals surface area contributed by atoms with Gasteiger partial charge in [-0.3, -0.25) is 9.00 Å². The van der Waals surface area contributed by atoms with E-state index in [1.165, 1.54) is 0 Å². The van der Waals surface area contributed by atoms with Gasteiger partial charge < -0.3 is 5.11 Å². The molecule has 3 nitrogen and oxygen atoms in total. The fourth-order valence-corrected chi connectivity index (χ4v) is 3.28. The average Bonchev–Trinajstić information content (AvgIpc) is 2.15. The molecule has 0 spiro atoms. The molecule has 2 atom stereocenters. The lowest BCUT2D eigenvalue weighted by molar-refractivity contribution is -0.137. The summed E-state index contributed by atoms with van der Waals surface area (Å²) in [5.41, 5.74) is 2.02. The monoisotopic (exact) mass is 254 g/mol. The predicted molar refractivity (Wildman–Crippen MR) is 69.3 cm³/mol. The molecule has 0 saturated carbocycles. The summed E-state index contributed by atoms with van der Waals surface area (Å²) < 4.78 is 12.0. The fourth-order valence-electron chi connectivity index (χ4n) is 1.76. The van der Waals surface area contributed by atoms with E-state index in [0.717, 1.165) is 11.1 Å². The molecule has 0 aliphatic carbocycles. The van der Waals surface area contributed by atoms with Crippen molar-refractivity contribution in [1.82, 2.24) is 0 Å². The van der Waals surface area contributed by atoms with Gasteiger partial charge in [-0.2, -0.15) is 0 Å². The first-order valence-electron chi connectivity index (χ1n) is 5.57. The molecule has 1 aromatic carbocycles. The topological polar surface area (TPSA) is 54.4 Å². The van der Waals surface area contributed by atoms with Crippen molar-refractivity contribution in [2.75, 3.05) is 0 Å². The van der Waals surface area contributed by atoms with E-state index in [4.69, 9.17) is 5.11 Å². The molecule has 0 radical (unpaired) electrons. The molecule has 17 heavy (non-hydrogen) atoms. The Morgan fingerprint density at radius 2 is 2.06 bits per heavy atom. The second kappa shape index (κ2) is 5.96. The van der Waals surface area contributed by atoms with Crippen molar-refractivity contribution < 1.29 is 14.1 Å². The zero-order valence-corrected chi connectivity index (χ0v) is 11.2. The summed E-state index contributed by atoms with van der Waals surface area (Å²) in [4.78, 5) is 11.0. The number of aliphatic carboxylic acids is 1. The lowest BCUT2D eigenvalue weighted by Gasteiger charge is -2.15. The summed E-state index contributed by atoms with van der Waals surface area (Å²) in [6.45, 7) is 5.53. The molecule has 0 bridgehead atoms. The van der Waals surface area contributed by atoms with E-state index in [-0.39, 0.29) is 5.92 Å². The van der Waals surface area contributed by atoms with Gasteiger partial charge in [0.25, 0.3) is 0 Å². The first-order chi connectivity index (χ1) is 7.91. The van der Waals surface area contributed by atoms with Crippen LogP contribution in [0.1, 0.15) is 25.0 Å². The molecule has 0 saturated heterocycles. The van der Waals surface area contributed by atoms with Crippen molar-refractivity contribution in [3.8, 4) is 0 Å². The van der Waals surface area contributed by atoms with E-state index >= 15 is 0 Å². The summed E-state index contributed by atoms with van der Waals surface area (Å²) in [7, 11) is -1.38. The maximum Gasteiger partial charge on any atom is 0.319 e. The van der Waals surface area contributed by atoms with Gasteiger partial charge in [0, 0.05) is 16.6 Å². The van der Waals surface area contributed by atoms with Gasteiger partial charge in [-0.05, 0) is 18.4 Å². The molecule has 0 aromatic heterocycles. The summed E-state index contributed by atoms with van der Waals surface area (Å²) in [5, 5.41) is 8.26. The normalized spacial score (nSPS) is 14.6. The Balaban J connectivity index is 2.81. The standard InChI is InChI=1S/C13H18O3S/c1-9(2)12(13(14)15)17(16)8-11-6-4-5-10(3)7-11/h4-7,9,12H,8H2,1-3H3,(H,14,15). The molecule has 0 aliphatic heterocycles. The van der Waals surface area contributed by atoms with Crippen LogP contribution < -0.4 is 0 Å². The predicted octanol–water partition coefficient (Wildman–Crippen LogP) is 2.35. The van der Waals surface area contributed by atoms with Crippen LogP contribution in [0.3, 0.4) is 0 Å². The summed E-state index contributed by atoms with van der Waals surface area (Å²) in [5.74, 6) is -0.805. The average molecular weight is 254 g/mol. The fraction of sp³-hybridized carbons (Fsp3) is 0.462. The van der Waals surface area contributed by atoms with Crippen molar-refractivity contribution >= 4 is 16.8 Å². The molecule has 2 unspecified atom stereocenters. The quantitative estimate of drug-likeness (QED) is 0.877. The van der Waals surface area contributed by atoms with Crippen LogP contribution in [-0.2, 0) is 21.3 Å². The largest absolute Gasteiger partial charge is 0.480 e. The third-order valence-corrected chi connectivity index (χ3v) is 4.45. The summed E-state index contributed by atoms with van der Waals surface area (Å²) >= 11 is 0.